The number of nitrogens with zero attached hydrogens (tertiary/aromatic N) is 2. The van der Waals surface area contributed by atoms with E-state index < -0.39 is 104 Å². The highest BCUT2D eigenvalue weighted by molar-refractivity contribution is 5.89. The average Bonchev–Trinajstić information content (AvgIpc) is 3.27. The fraction of sp³-hybridized carbons (Fsp3) is 0.684. The molecular formula is C19H27N3O14. The smallest absolute Gasteiger partial charge is 0.338 e. The first-order valence-electron chi connectivity index (χ1n) is 10.7. The quantitative estimate of drug-likeness (QED) is 0.144. The van der Waals surface area contributed by atoms with Crippen LogP contribution in [0.15, 0.2) is 21.9 Å². The molecule has 2 aliphatic rings. The molecule has 0 aliphatic carbocycles. The molecule has 10 atom stereocenters. The Morgan fingerprint density at radius 2 is 1.56 bits per heavy atom. The Labute approximate surface area is 201 Å². The van der Waals surface area contributed by atoms with E-state index in [1.54, 1.807) is 0 Å². The first-order chi connectivity index (χ1) is 16.9. The van der Waals surface area contributed by atoms with E-state index in [9.17, 15) is 60.0 Å². The summed E-state index contributed by atoms with van der Waals surface area (Å²) in [4.78, 5) is 50.5. The SMILES string of the molecule is O=C(OC[C@H]1O[C@@H](n2ccc(=O)[nH]c2=O)C(O)C1O)C(O)C(O)C(=O)N1C(CO)C(O)[C@H](O)C1CO. The maximum atomic E-state index is 12.6. The van der Waals surface area contributed by atoms with Gasteiger partial charge in [0.05, 0.1) is 25.3 Å². The Balaban J connectivity index is 1.63. The molecule has 3 rings (SSSR count). The van der Waals surface area contributed by atoms with E-state index in [4.69, 9.17) is 9.47 Å². The molecule has 36 heavy (non-hydrogen) atoms. The Morgan fingerprint density at radius 3 is 2.08 bits per heavy atom. The van der Waals surface area contributed by atoms with Crippen molar-refractivity contribution in [3.05, 3.63) is 33.1 Å². The van der Waals surface area contributed by atoms with E-state index in [1.165, 1.54) is 0 Å². The Kier molecular flexibility index (Phi) is 8.59. The number of amides is 1. The van der Waals surface area contributed by atoms with Crippen molar-refractivity contribution in [2.75, 3.05) is 19.8 Å². The Bertz CT molecular complexity index is 1040. The summed E-state index contributed by atoms with van der Waals surface area (Å²) >= 11 is 0. The molecule has 1 aromatic rings. The van der Waals surface area contributed by atoms with Gasteiger partial charge in [0, 0.05) is 12.3 Å². The van der Waals surface area contributed by atoms with E-state index in [0.717, 1.165) is 16.8 Å². The lowest BCUT2D eigenvalue weighted by atomic mass is 10.1. The fourth-order valence-electron chi connectivity index (χ4n) is 4.14. The van der Waals surface area contributed by atoms with Crippen LogP contribution in [0.25, 0.3) is 0 Å². The molecule has 1 aromatic heterocycles. The van der Waals surface area contributed by atoms with Crippen LogP contribution in [-0.2, 0) is 19.1 Å². The molecule has 17 heteroatoms. The van der Waals surface area contributed by atoms with Gasteiger partial charge in [-0.15, -0.1) is 0 Å². The van der Waals surface area contributed by atoms with Crippen LogP contribution in [0.3, 0.4) is 0 Å². The standard InChI is InChI=1S/C19H27N3O14/c23-3-6-10(26)11(27)7(4-24)22(6)16(32)13(29)15(31)18(33)35-5-8-12(28)14(30)17(36-8)21-2-1-9(25)20-19(21)34/h1-2,6-8,10-15,17,23-24,26-31H,3-5H2,(H,20,25,34)/t6?,7?,8-,10-,11?,12?,13?,14?,15?,17-/m1/s1. The van der Waals surface area contributed by atoms with Crippen LogP contribution in [0.5, 0.6) is 0 Å². The van der Waals surface area contributed by atoms with Gasteiger partial charge in [0.15, 0.2) is 18.4 Å². The average molecular weight is 521 g/mol. The molecule has 7 unspecified atom stereocenters. The second-order valence-electron chi connectivity index (χ2n) is 8.31. The number of aliphatic hydroxyl groups is 8. The van der Waals surface area contributed by atoms with Gasteiger partial charge in [0.1, 0.15) is 37.1 Å². The van der Waals surface area contributed by atoms with Gasteiger partial charge in [-0.3, -0.25) is 19.1 Å². The van der Waals surface area contributed by atoms with Crippen LogP contribution in [0.4, 0.5) is 0 Å². The number of carbonyl (C=O) groups is 2. The summed E-state index contributed by atoms with van der Waals surface area (Å²) < 4.78 is 10.9. The van der Waals surface area contributed by atoms with Crippen molar-refractivity contribution in [1.29, 1.82) is 0 Å². The first kappa shape index (κ1) is 27.8. The lowest BCUT2D eigenvalue weighted by Crippen LogP contribution is -2.55. The van der Waals surface area contributed by atoms with Crippen molar-refractivity contribution in [3.63, 3.8) is 0 Å². The van der Waals surface area contributed by atoms with Crippen molar-refractivity contribution >= 4 is 11.9 Å². The van der Waals surface area contributed by atoms with Crippen LogP contribution in [0.2, 0.25) is 0 Å². The zero-order valence-corrected chi connectivity index (χ0v) is 18.5. The number of likely N-dealkylation sites (tertiary alicyclic amines) is 1. The molecule has 2 aliphatic heterocycles. The fourth-order valence-corrected chi connectivity index (χ4v) is 4.14. The van der Waals surface area contributed by atoms with Crippen LogP contribution in [-0.4, -0.2) is 142 Å². The van der Waals surface area contributed by atoms with Crippen molar-refractivity contribution in [3.8, 4) is 0 Å². The highest BCUT2D eigenvalue weighted by Crippen LogP contribution is 2.29. The number of ether oxygens (including phenoxy) is 2. The molecule has 3 heterocycles. The van der Waals surface area contributed by atoms with Gasteiger partial charge >= 0.3 is 11.7 Å². The molecule has 0 aromatic carbocycles. The van der Waals surface area contributed by atoms with E-state index in [-0.39, 0.29) is 0 Å². The lowest BCUT2D eigenvalue weighted by Gasteiger charge is -2.31. The zero-order valence-electron chi connectivity index (χ0n) is 18.5. The van der Waals surface area contributed by atoms with Crippen molar-refractivity contribution < 1.29 is 59.9 Å². The lowest BCUT2D eigenvalue weighted by molar-refractivity contribution is -0.172. The second-order valence-corrected chi connectivity index (χ2v) is 8.31. The molecule has 2 saturated heterocycles. The van der Waals surface area contributed by atoms with Crippen molar-refractivity contribution in [2.45, 2.75) is 61.0 Å². The predicted octanol–water partition coefficient (Wildman–Crippen LogP) is -7.29. The molecule has 17 nitrogen and oxygen atoms in total. The van der Waals surface area contributed by atoms with Gasteiger partial charge < -0.3 is 55.2 Å². The number of hydrogen-bond acceptors (Lipinski definition) is 14. The number of aliphatic hydroxyl groups excluding tert-OH is 8. The summed E-state index contributed by atoms with van der Waals surface area (Å²) in [6, 6.07) is -1.92. The summed E-state index contributed by atoms with van der Waals surface area (Å²) in [5, 5.41) is 79.4. The minimum Gasteiger partial charge on any atom is -0.461 e. The van der Waals surface area contributed by atoms with Gasteiger partial charge in [0.25, 0.3) is 11.5 Å². The molecule has 202 valence electrons. The number of rotatable bonds is 8. The minimum atomic E-state index is -2.51. The Morgan fingerprint density at radius 1 is 0.972 bits per heavy atom. The normalized spacial score (nSPS) is 33.9. The largest absolute Gasteiger partial charge is 0.461 e. The number of hydrogen-bond donors (Lipinski definition) is 9. The molecule has 0 saturated carbocycles. The number of esters is 1. The molecule has 0 spiro atoms. The molecular weight excluding hydrogens is 494 g/mol. The third-order valence-electron chi connectivity index (χ3n) is 6.13. The number of aromatic nitrogens is 2. The van der Waals surface area contributed by atoms with Crippen molar-refractivity contribution in [2.24, 2.45) is 0 Å². The topological polar surface area (TPSA) is 273 Å². The molecule has 0 radical (unpaired) electrons. The first-order valence-corrected chi connectivity index (χ1v) is 10.7. The van der Waals surface area contributed by atoms with Crippen LogP contribution < -0.4 is 11.2 Å². The molecule has 9 N–H and O–H groups in total. The van der Waals surface area contributed by atoms with E-state index in [1.807, 2.05) is 4.98 Å². The molecule has 1 amide bonds. The summed E-state index contributed by atoms with van der Waals surface area (Å²) in [7, 11) is 0. The third-order valence-corrected chi connectivity index (χ3v) is 6.13. The predicted molar refractivity (Wildman–Crippen MR) is 111 cm³/mol. The van der Waals surface area contributed by atoms with Crippen molar-refractivity contribution in [1.82, 2.24) is 14.5 Å². The third kappa shape index (κ3) is 5.05. The number of carbonyl (C=O) groups excluding carboxylic acids is 2. The number of aromatic amines is 1. The maximum absolute atomic E-state index is 12.6. The highest BCUT2D eigenvalue weighted by atomic mass is 16.6. The number of nitrogens with one attached hydrogen (secondary N) is 1. The number of H-pyrrole nitrogens is 1. The van der Waals surface area contributed by atoms with E-state index in [2.05, 4.69) is 0 Å². The molecule has 0 bridgehead atoms. The van der Waals surface area contributed by atoms with Crippen LogP contribution in [0.1, 0.15) is 6.23 Å². The van der Waals surface area contributed by atoms with Gasteiger partial charge in [-0.1, -0.05) is 0 Å². The zero-order chi connectivity index (χ0) is 26.9. The minimum absolute atomic E-state index is 0.559. The van der Waals surface area contributed by atoms with Crippen LogP contribution >= 0.6 is 0 Å². The Hall–Kier alpha value is -2.74. The highest BCUT2D eigenvalue weighted by Gasteiger charge is 2.52. The summed E-state index contributed by atoms with van der Waals surface area (Å²) in [5.41, 5.74) is -1.67. The molecule has 2 fully saturated rings. The van der Waals surface area contributed by atoms with E-state index in [0.29, 0.717) is 4.90 Å². The maximum Gasteiger partial charge on any atom is 0.338 e. The van der Waals surface area contributed by atoms with Gasteiger partial charge in [-0.25, -0.2) is 9.59 Å². The van der Waals surface area contributed by atoms with Gasteiger partial charge in [-0.2, -0.15) is 0 Å². The summed E-state index contributed by atoms with van der Waals surface area (Å²) in [6.45, 7) is -2.54. The summed E-state index contributed by atoms with van der Waals surface area (Å²) in [6.07, 6.45) is -13.6. The van der Waals surface area contributed by atoms with E-state index >= 15 is 0 Å². The van der Waals surface area contributed by atoms with Crippen LogP contribution in [0, 0.1) is 0 Å². The van der Waals surface area contributed by atoms with Gasteiger partial charge in [0.2, 0.25) is 0 Å². The second kappa shape index (κ2) is 11.1. The summed E-state index contributed by atoms with van der Waals surface area (Å²) in [5.74, 6) is -2.97. The monoisotopic (exact) mass is 521 g/mol. The van der Waals surface area contributed by atoms with Gasteiger partial charge in [-0.05, 0) is 0 Å².